The van der Waals surface area contributed by atoms with E-state index in [2.05, 4.69) is 72.2 Å². The highest BCUT2D eigenvalue weighted by atomic mass is 16.3. The van der Waals surface area contributed by atoms with Crippen molar-refractivity contribution in [3.05, 3.63) is 109 Å². The molecule has 3 saturated heterocycles. The Morgan fingerprint density at radius 2 is 1.54 bits per heavy atom. The molecular weight excluding hydrogens is 454 g/mol. The number of quaternary nitrogens is 1. The van der Waals surface area contributed by atoms with Gasteiger partial charge in [-0.15, -0.1) is 6.58 Å². The lowest BCUT2D eigenvalue weighted by molar-refractivity contribution is -0.984. The first-order valence-electron chi connectivity index (χ1n) is 13.4. The van der Waals surface area contributed by atoms with E-state index in [1.807, 2.05) is 30.5 Å². The molecule has 8 rings (SSSR count). The SMILES string of the molecule is C=C[C@H]1C[N+]2(Cc3c4ccccc4nc4ccccc34)CCC1CC2[C@@H](O)c1ccnc2ccccc12. The van der Waals surface area contributed by atoms with Crippen molar-refractivity contribution in [1.82, 2.24) is 9.97 Å². The molecule has 5 atom stereocenters. The summed E-state index contributed by atoms with van der Waals surface area (Å²) in [5.41, 5.74) is 5.37. The van der Waals surface area contributed by atoms with Crippen LogP contribution in [0.25, 0.3) is 32.7 Å². The molecular formula is C33H32N3O+. The van der Waals surface area contributed by atoms with E-state index in [1.54, 1.807) is 0 Å². The lowest BCUT2D eigenvalue weighted by Gasteiger charge is -2.58. The highest BCUT2D eigenvalue weighted by Gasteiger charge is 2.54. The zero-order valence-electron chi connectivity index (χ0n) is 21.0. The highest BCUT2D eigenvalue weighted by Crippen LogP contribution is 2.48. The van der Waals surface area contributed by atoms with Gasteiger partial charge in [-0.2, -0.15) is 0 Å². The number of aliphatic hydroxyl groups is 1. The number of para-hydroxylation sites is 3. The second kappa shape index (κ2) is 8.76. The largest absolute Gasteiger partial charge is 0.382 e. The Morgan fingerprint density at radius 1 is 0.892 bits per heavy atom. The van der Waals surface area contributed by atoms with Gasteiger partial charge >= 0.3 is 0 Å². The Morgan fingerprint density at radius 3 is 2.24 bits per heavy atom. The number of benzene rings is 3. The molecule has 3 aliphatic heterocycles. The average Bonchev–Trinajstić information content (AvgIpc) is 2.96. The first-order chi connectivity index (χ1) is 18.2. The number of fused-ring (bicyclic) bond motifs is 6. The van der Waals surface area contributed by atoms with Crippen LogP contribution in [0, 0.1) is 11.8 Å². The summed E-state index contributed by atoms with van der Waals surface area (Å²) in [6.07, 6.45) is 5.65. The molecule has 5 aromatic rings. The van der Waals surface area contributed by atoms with Gasteiger partial charge in [0, 0.05) is 46.7 Å². The van der Waals surface area contributed by atoms with Crippen LogP contribution in [-0.2, 0) is 6.54 Å². The van der Waals surface area contributed by atoms with E-state index in [9.17, 15) is 5.11 Å². The van der Waals surface area contributed by atoms with Crippen LogP contribution in [0.15, 0.2) is 97.7 Å². The van der Waals surface area contributed by atoms with Crippen molar-refractivity contribution in [2.45, 2.75) is 31.5 Å². The predicted octanol–water partition coefficient (Wildman–Crippen LogP) is 6.58. The van der Waals surface area contributed by atoms with Gasteiger partial charge < -0.3 is 9.59 Å². The van der Waals surface area contributed by atoms with Crippen molar-refractivity contribution in [2.75, 3.05) is 13.1 Å². The maximum Gasteiger partial charge on any atom is 0.131 e. The molecule has 3 aromatic carbocycles. The Kier molecular flexibility index (Phi) is 5.35. The van der Waals surface area contributed by atoms with Gasteiger partial charge in [0.2, 0.25) is 0 Å². The second-order valence-corrected chi connectivity index (χ2v) is 11.0. The molecule has 2 aromatic heterocycles. The number of aromatic nitrogens is 2. The van der Waals surface area contributed by atoms with Gasteiger partial charge in [0.15, 0.2) is 0 Å². The van der Waals surface area contributed by atoms with E-state index in [0.29, 0.717) is 11.8 Å². The van der Waals surface area contributed by atoms with Crippen LogP contribution in [0.2, 0.25) is 0 Å². The van der Waals surface area contributed by atoms with E-state index < -0.39 is 6.10 Å². The van der Waals surface area contributed by atoms with Crippen LogP contribution in [0.5, 0.6) is 0 Å². The van der Waals surface area contributed by atoms with E-state index in [-0.39, 0.29) is 6.04 Å². The Balaban J connectivity index is 1.39. The summed E-state index contributed by atoms with van der Waals surface area (Å²) in [4.78, 5) is 9.54. The van der Waals surface area contributed by atoms with Crippen LogP contribution in [0.3, 0.4) is 0 Å². The molecule has 4 heteroatoms. The lowest BCUT2D eigenvalue weighted by atomic mass is 9.71. The number of rotatable bonds is 5. The van der Waals surface area contributed by atoms with Crippen LogP contribution in [0.1, 0.15) is 30.1 Å². The molecule has 37 heavy (non-hydrogen) atoms. The van der Waals surface area contributed by atoms with Crippen molar-refractivity contribution >= 4 is 32.7 Å². The minimum atomic E-state index is -0.555. The summed E-state index contributed by atoms with van der Waals surface area (Å²) >= 11 is 0. The highest BCUT2D eigenvalue weighted by molar-refractivity contribution is 5.97. The van der Waals surface area contributed by atoms with Crippen molar-refractivity contribution < 1.29 is 9.59 Å². The first kappa shape index (κ1) is 22.6. The third-order valence-corrected chi connectivity index (χ3v) is 9.21. The molecule has 3 unspecified atom stereocenters. The van der Waals surface area contributed by atoms with E-state index in [4.69, 9.17) is 4.98 Å². The number of piperidine rings is 3. The number of hydrogen-bond donors (Lipinski definition) is 1. The monoisotopic (exact) mass is 486 g/mol. The minimum Gasteiger partial charge on any atom is -0.382 e. The van der Waals surface area contributed by atoms with Gasteiger partial charge in [-0.25, -0.2) is 4.98 Å². The van der Waals surface area contributed by atoms with E-state index in [0.717, 1.165) is 58.0 Å². The van der Waals surface area contributed by atoms with Gasteiger partial charge in [0.1, 0.15) is 18.7 Å². The van der Waals surface area contributed by atoms with Crippen LogP contribution < -0.4 is 0 Å². The smallest absolute Gasteiger partial charge is 0.131 e. The molecule has 3 fully saturated rings. The van der Waals surface area contributed by atoms with Crippen molar-refractivity contribution in [2.24, 2.45) is 11.8 Å². The van der Waals surface area contributed by atoms with E-state index in [1.165, 1.54) is 22.8 Å². The fourth-order valence-electron chi connectivity index (χ4n) is 7.38. The number of aliphatic hydroxyl groups excluding tert-OH is 1. The molecule has 0 aliphatic carbocycles. The summed E-state index contributed by atoms with van der Waals surface area (Å²) in [6, 6.07) is 27.4. The maximum absolute atomic E-state index is 12.1. The molecule has 3 aliphatic rings. The Bertz CT molecular complexity index is 1590. The number of nitrogens with zero attached hydrogens (tertiary/aromatic N) is 3. The molecule has 2 bridgehead atoms. The molecule has 0 spiro atoms. The average molecular weight is 487 g/mol. The molecule has 5 heterocycles. The predicted molar refractivity (Wildman–Crippen MR) is 150 cm³/mol. The van der Waals surface area contributed by atoms with Crippen molar-refractivity contribution in [3.63, 3.8) is 0 Å². The first-order valence-corrected chi connectivity index (χ1v) is 13.4. The molecule has 184 valence electrons. The maximum atomic E-state index is 12.1. The lowest BCUT2D eigenvalue weighted by Crippen LogP contribution is -2.67. The summed E-state index contributed by atoms with van der Waals surface area (Å²) in [5, 5.41) is 15.6. The molecule has 4 nitrogen and oxygen atoms in total. The normalized spacial score (nSPS) is 26.0. The zero-order chi connectivity index (χ0) is 25.0. The standard InChI is InChI=1S/C33H32N3O/c1-2-22-20-36(21-28-25-10-4-7-13-30(25)35-31-14-8-5-11-26(28)31)18-16-23(22)19-32(36)33(37)27-15-17-34-29-12-6-3-9-24(27)29/h2-15,17,22-23,32-33,37H,1,16,18-21H2/q+1/t22-,23?,32?,33-,36?/m0/s1. The zero-order valence-corrected chi connectivity index (χ0v) is 21.0. The van der Waals surface area contributed by atoms with E-state index >= 15 is 0 Å². The topological polar surface area (TPSA) is 46.0 Å². The van der Waals surface area contributed by atoms with Gasteiger partial charge in [-0.3, -0.25) is 4.98 Å². The number of hydrogen-bond acceptors (Lipinski definition) is 3. The fourth-order valence-corrected chi connectivity index (χ4v) is 7.38. The number of pyridine rings is 2. The van der Waals surface area contributed by atoms with Gasteiger partial charge in [0.05, 0.1) is 29.6 Å². The molecule has 0 saturated carbocycles. The van der Waals surface area contributed by atoms with Crippen molar-refractivity contribution in [1.29, 1.82) is 0 Å². The molecule has 1 N–H and O–H groups in total. The summed E-state index contributed by atoms with van der Waals surface area (Å²) in [6.45, 7) is 7.19. The Labute approximate surface area is 217 Å². The van der Waals surface area contributed by atoms with Crippen LogP contribution >= 0.6 is 0 Å². The van der Waals surface area contributed by atoms with Crippen LogP contribution in [0.4, 0.5) is 0 Å². The van der Waals surface area contributed by atoms with Crippen molar-refractivity contribution in [3.8, 4) is 0 Å². The fraction of sp³-hybridized carbons (Fsp3) is 0.273. The van der Waals surface area contributed by atoms with Gasteiger partial charge in [-0.1, -0.05) is 60.7 Å². The molecule has 0 radical (unpaired) electrons. The minimum absolute atomic E-state index is 0.117. The third-order valence-electron chi connectivity index (χ3n) is 9.21. The summed E-state index contributed by atoms with van der Waals surface area (Å²) in [5.74, 6) is 1.06. The third kappa shape index (κ3) is 3.58. The Hall–Kier alpha value is -3.60. The quantitative estimate of drug-likeness (QED) is 0.173. The summed E-state index contributed by atoms with van der Waals surface area (Å²) < 4.78 is 0.878. The van der Waals surface area contributed by atoms with Gasteiger partial charge in [-0.05, 0) is 35.7 Å². The van der Waals surface area contributed by atoms with Gasteiger partial charge in [0.25, 0.3) is 0 Å². The summed E-state index contributed by atoms with van der Waals surface area (Å²) in [7, 11) is 0. The van der Waals surface area contributed by atoms with Crippen LogP contribution in [-0.4, -0.2) is 38.7 Å². The molecule has 0 amide bonds. The second-order valence-electron chi connectivity index (χ2n) is 11.0.